The van der Waals surface area contributed by atoms with Gasteiger partial charge in [-0.3, -0.25) is 4.79 Å². The highest BCUT2D eigenvalue weighted by molar-refractivity contribution is 7.91. The van der Waals surface area contributed by atoms with Gasteiger partial charge in [-0.1, -0.05) is 19.1 Å². The number of amides is 1. The summed E-state index contributed by atoms with van der Waals surface area (Å²) in [7, 11) is -3.13. The zero-order chi connectivity index (χ0) is 22.2. The van der Waals surface area contributed by atoms with Gasteiger partial charge in [0.1, 0.15) is 17.2 Å². The lowest BCUT2D eigenvalue weighted by molar-refractivity contribution is -0.138. The van der Waals surface area contributed by atoms with Crippen LogP contribution >= 0.6 is 11.3 Å². The third kappa shape index (κ3) is 4.48. The maximum atomic E-state index is 12.9. The Morgan fingerprint density at radius 1 is 1.32 bits per heavy atom. The number of carbonyl (C=O) groups excluding carboxylic acids is 2. The average Bonchev–Trinajstić information content (AvgIpc) is 3.35. The molecule has 1 aromatic heterocycles. The molecule has 2 aromatic rings. The van der Waals surface area contributed by atoms with Crippen LogP contribution in [0.2, 0.25) is 0 Å². The number of nitrogens with zero attached hydrogens (tertiary/aromatic N) is 1. The van der Waals surface area contributed by atoms with Gasteiger partial charge in [0.15, 0.2) is 16.4 Å². The Labute approximate surface area is 185 Å². The molecule has 2 aliphatic heterocycles. The Bertz CT molecular complexity index is 1110. The van der Waals surface area contributed by atoms with Crippen LogP contribution in [-0.2, 0) is 26.0 Å². The largest absolute Gasteiger partial charge is 0.488 e. The maximum absolute atomic E-state index is 12.9. The molecule has 1 saturated heterocycles. The van der Waals surface area contributed by atoms with Gasteiger partial charge >= 0.3 is 5.97 Å². The molecule has 7 nitrogen and oxygen atoms in total. The molecule has 1 fully saturated rings. The maximum Gasteiger partial charge on any atom is 0.348 e. The fourth-order valence-electron chi connectivity index (χ4n) is 4.07. The zero-order valence-electron chi connectivity index (χ0n) is 17.5. The molecule has 3 heterocycles. The molecule has 9 heteroatoms. The molecule has 0 spiro atoms. The second-order valence-corrected chi connectivity index (χ2v) is 11.2. The van der Waals surface area contributed by atoms with Crippen molar-refractivity contribution >= 4 is 33.1 Å². The number of esters is 1. The molecule has 2 aliphatic rings. The van der Waals surface area contributed by atoms with E-state index in [1.165, 1.54) is 11.3 Å². The fourth-order valence-corrected chi connectivity index (χ4v) is 6.88. The number of thiophene rings is 1. The standard InChI is InChI=1S/C22H25NO6S2/c1-3-14(2)23(16-8-9-31(26,27)13-16)20(24)12-29-22(25)19-10-15-11-28-18-7-5-4-6-17(18)21(15)30-19/h4-7,10,14,16H,3,8-9,11-13H2,1-2H3. The Kier molecular flexibility index (Phi) is 6.07. The molecule has 31 heavy (non-hydrogen) atoms. The van der Waals surface area contributed by atoms with Gasteiger partial charge in [-0.05, 0) is 38.0 Å². The summed E-state index contributed by atoms with van der Waals surface area (Å²) in [6.07, 6.45) is 1.11. The SMILES string of the molecule is CCC(C)N(C(=O)COC(=O)c1cc2c(s1)-c1ccccc1OC2)C1CCS(=O)(=O)C1. The highest BCUT2D eigenvalue weighted by atomic mass is 32.2. The molecule has 2 unspecified atom stereocenters. The van der Waals surface area contributed by atoms with E-state index in [4.69, 9.17) is 9.47 Å². The monoisotopic (exact) mass is 463 g/mol. The molecule has 2 atom stereocenters. The molecule has 1 amide bonds. The van der Waals surface area contributed by atoms with Gasteiger partial charge in [-0.25, -0.2) is 13.2 Å². The predicted octanol–water partition coefficient (Wildman–Crippen LogP) is 3.28. The van der Waals surface area contributed by atoms with E-state index in [9.17, 15) is 18.0 Å². The highest BCUT2D eigenvalue weighted by Gasteiger charge is 2.37. The average molecular weight is 464 g/mol. The van der Waals surface area contributed by atoms with Crippen molar-refractivity contribution in [3.05, 3.63) is 40.8 Å². The van der Waals surface area contributed by atoms with E-state index in [0.29, 0.717) is 24.3 Å². The molecular weight excluding hydrogens is 438 g/mol. The lowest BCUT2D eigenvalue weighted by Gasteiger charge is -2.33. The number of hydrogen-bond acceptors (Lipinski definition) is 7. The van der Waals surface area contributed by atoms with Crippen molar-refractivity contribution in [1.29, 1.82) is 0 Å². The highest BCUT2D eigenvalue weighted by Crippen LogP contribution is 2.42. The van der Waals surface area contributed by atoms with Crippen molar-refractivity contribution in [2.75, 3.05) is 18.1 Å². The summed E-state index contributed by atoms with van der Waals surface area (Å²) < 4.78 is 34.8. The van der Waals surface area contributed by atoms with Crippen LogP contribution in [0.1, 0.15) is 41.9 Å². The van der Waals surface area contributed by atoms with E-state index in [-0.39, 0.29) is 29.5 Å². The summed E-state index contributed by atoms with van der Waals surface area (Å²) in [4.78, 5) is 28.5. The minimum Gasteiger partial charge on any atom is -0.488 e. The molecule has 0 saturated carbocycles. The topological polar surface area (TPSA) is 90.0 Å². The van der Waals surface area contributed by atoms with Crippen LogP contribution in [0.15, 0.2) is 30.3 Å². The quantitative estimate of drug-likeness (QED) is 0.611. The van der Waals surface area contributed by atoms with E-state index in [1.54, 1.807) is 11.0 Å². The molecule has 4 rings (SSSR count). The number of hydrogen-bond donors (Lipinski definition) is 0. The van der Waals surface area contributed by atoms with Crippen molar-refractivity contribution in [3.63, 3.8) is 0 Å². The minimum atomic E-state index is -3.13. The molecule has 1 aromatic carbocycles. The number of benzene rings is 1. The van der Waals surface area contributed by atoms with Crippen molar-refractivity contribution in [2.24, 2.45) is 0 Å². The van der Waals surface area contributed by atoms with Crippen LogP contribution in [0.4, 0.5) is 0 Å². The number of sulfone groups is 1. The zero-order valence-corrected chi connectivity index (χ0v) is 19.1. The van der Waals surface area contributed by atoms with Gasteiger partial charge in [0.25, 0.3) is 5.91 Å². The van der Waals surface area contributed by atoms with Crippen molar-refractivity contribution in [2.45, 2.75) is 45.4 Å². The first-order chi connectivity index (χ1) is 14.8. The third-order valence-corrected chi connectivity index (χ3v) is 8.75. The van der Waals surface area contributed by atoms with Gasteiger partial charge < -0.3 is 14.4 Å². The van der Waals surface area contributed by atoms with Gasteiger partial charge in [-0.2, -0.15) is 0 Å². The van der Waals surface area contributed by atoms with E-state index < -0.39 is 22.4 Å². The van der Waals surface area contributed by atoms with E-state index >= 15 is 0 Å². The number of fused-ring (bicyclic) bond motifs is 3. The predicted molar refractivity (Wildman–Crippen MR) is 118 cm³/mol. The smallest absolute Gasteiger partial charge is 0.348 e. The van der Waals surface area contributed by atoms with Crippen LogP contribution in [0.25, 0.3) is 10.4 Å². The van der Waals surface area contributed by atoms with Crippen molar-refractivity contribution in [1.82, 2.24) is 4.90 Å². The summed E-state index contributed by atoms with van der Waals surface area (Å²) in [5, 5.41) is 0. The van der Waals surface area contributed by atoms with Crippen LogP contribution in [0.3, 0.4) is 0 Å². The summed E-state index contributed by atoms with van der Waals surface area (Å²) in [5.41, 5.74) is 1.86. The van der Waals surface area contributed by atoms with E-state index in [0.717, 1.165) is 21.8 Å². The first-order valence-corrected chi connectivity index (χ1v) is 13.0. The van der Waals surface area contributed by atoms with E-state index in [2.05, 4.69) is 0 Å². The Hall–Kier alpha value is -2.39. The first kappa shape index (κ1) is 21.8. The molecule has 0 N–H and O–H groups in total. The third-order valence-electron chi connectivity index (χ3n) is 5.81. The Morgan fingerprint density at radius 3 is 2.81 bits per heavy atom. The second-order valence-electron chi connectivity index (χ2n) is 7.94. The number of carbonyl (C=O) groups is 2. The number of rotatable bonds is 6. The van der Waals surface area contributed by atoms with Gasteiger partial charge in [0, 0.05) is 28.1 Å². The Balaban J connectivity index is 1.45. The summed E-state index contributed by atoms with van der Waals surface area (Å²) in [6, 6.07) is 8.90. The summed E-state index contributed by atoms with van der Waals surface area (Å²) in [6.45, 7) is 3.80. The van der Waals surface area contributed by atoms with Crippen molar-refractivity contribution in [3.8, 4) is 16.2 Å². The molecule has 0 radical (unpaired) electrons. The number of para-hydroxylation sites is 1. The van der Waals surface area contributed by atoms with Gasteiger partial charge in [0.2, 0.25) is 0 Å². The second kappa shape index (κ2) is 8.63. The van der Waals surface area contributed by atoms with Crippen LogP contribution in [0.5, 0.6) is 5.75 Å². The first-order valence-electron chi connectivity index (χ1n) is 10.3. The van der Waals surface area contributed by atoms with E-state index in [1.807, 2.05) is 38.1 Å². The van der Waals surface area contributed by atoms with Gasteiger partial charge in [-0.15, -0.1) is 11.3 Å². The summed E-state index contributed by atoms with van der Waals surface area (Å²) in [5.74, 6) is -0.0911. The molecule has 166 valence electrons. The molecule has 0 aliphatic carbocycles. The fraction of sp³-hybridized carbons (Fsp3) is 0.455. The summed E-state index contributed by atoms with van der Waals surface area (Å²) >= 11 is 1.32. The van der Waals surface area contributed by atoms with Gasteiger partial charge in [0.05, 0.1) is 11.5 Å². The lowest BCUT2D eigenvalue weighted by atomic mass is 10.1. The molecular formula is C22H25NO6S2. The Morgan fingerprint density at radius 2 is 2.10 bits per heavy atom. The molecule has 0 bridgehead atoms. The minimum absolute atomic E-state index is 0.0337. The van der Waals surface area contributed by atoms with Crippen LogP contribution in [-0.4, -0.2) is 55.4 Å². The normalized spacial score (nSPS) is 19.6. The lowest BCUT2D eigenvalue weighted by Crippen LogP contribution is -2.48. The van der Waals surface area contributed by atoms with Crippen LogP contribution in [0, 0.1) is 0 Å². The van der Waals surface area contributed by atoms with Crippen molar-refractivity contribution < 1.29 is 27.5 Å². The van der Waals surface area contributed by atoms with Crippen LogP contribution < -0.4 is 4.74 Å². The number of ether oxygens (including phenoxy) is 2.